The van der Waals surface area contributed by atoms with Crippen molar-refractivity contribution in [2.24, 2.45) is 0 Å². The van der Waals surface area contributed by atoms with Crippen molar-refractivity contribution >= 4 is 40.0 Å². The monoisotopic (exact) mass is 498 g/mol. The van der Waals surface area contributed by atoms with Gasteiger partial charge in [0.15, 0.2) is 5.82 Å². The van der Waals surface area contributed by atoms with E-state index in [2.05, 4.69) is 43.0 Å². The lowest BCUT2D eigenvalue weighted by Crippen LogP contribution is -2.25. The first-order valence-corrected chi connectivity index (χ1v) is 11.0. The van der Waals surface area contributed by atoms with E-state index >= 15 is 0 Å². The molecule has 0 aliphatic carbocycles. The van der Waals surface area contributed by atoms with E-state index in [1.54, 1.807) is 0 Å². The molecule has 1 saturated heterocycles. The van der Waals surface area contributed by atoms with Gasteiger partial charge in [0.1, 0.15) is 0 Å². The average Bonchev–Trinajstić information content (AvgIpc) is 3.04. The Morgan fingerprint density at radius 1 is 0.897 bits per heavy atom. The van der Waals surface area contributed by atoms with Crippen molar-refractivity contribution in [1.29, 1.82) is 0 Å². The molecule has 148 valence electrons. The second kappa shape index (κ2) is 9.35. The van der Waals surface area contributed by atoms with Gasteiger partial charge in [-0.15, -0.1) is 10.2 Å². The van der Waals surface area contributed by atoms with Gasteiger partial charge in [0, 0.05) is 27.9 Å². The van der Waals surface area contributed by atoms with E-state index in [4.69, 9.17) is 0 Å². The Labute approximate surface area is 184 Å². The minimum atomic E-state index is -0.116. The molecule has 0 unspecified atom stereocenters. The fraction of sp³-hybridized carbons (Fsp3) is 0.261. The molecule has 2 aromatic carbocycles. The van der Waals surface area contributed by atoms with Crippen molar-refractivity contribution in [2.75, 3.05) is 23.3 Å². The maximum atomic E-state index is 12.6. The highest BCUT2D eigenvalue weighted by Gasteiger charge is 2.13. The molecule has 1 aliphatic rings. The highest BCUT2D eigenvalue weighted by Crippen LogP contribution is 2.24. The van der Waals surface area contributed by atoms with E-state index in [0.717, 1.165) is 39.4 Å². The number of benzene rings is 2. The van der Waals surface area contributed by atoms with Gasteiger partial charge in [-0.25, -0.2) is 0 Å². The van der Waals surface area contributed by atoms with Crippen LogP contribution in [0.15, 0.2) is 60.7 Å². The largest absolute Gasteiger partial charge is 0.355 e. The molecule has 0 spiro atoms. The Hall–Kier alpha value is -2.48. The number of hydrogen-bond donors (Lipinski definition) is 1. The molecule has 0 bridgehead atoms. The zero-order chi connectivity index (χ0) is 20.1. The van der Waals surface area contributed by atoms with E-state index in [0.29, 0.717) is 5.56 Å². The van der Waals surface area contributed by atoms with Gasteiger partial charge >= 0.3 is 0 Å². The molecule has 1 aliphatic heterocycles. The van der Waals surface area contributed by atoms with Crippen LogP contribution in [0.25, 0.3) is 11.3 Å². The summed E-state index contributed by atoms with van der Waals surface area (Å²) in [6.45, 7) is 2.10. The topological polar surface area (TPSA) is 58.1 Å². The minimum absolute atomic E-state index is 0.116. The first kappa shape index (κ1) is 19.8. The number of hydrogen-bond acceptors (Lipinski definition) is 4. The smallest absolute Gasteiger partial charge is 0.256 e. The Morgan fingerprint density at radius 3 is 2.41 bits per heavy atom. The van der Waals surface area contributed by atoms with Gasteiger partial charge in [0.2, 0.25) is 0 Å². The van der Waals surface area contributed by atoms with Gasteiger partial charge in [0.05, 0.1) is 11.3 Å². The summed E-state index contributed by atoms with van der Waals surface area (Å²) in [5.41, 5.74) is 3.14. The van der Waals surface area contributed by atoms with Gasteiger partial charge in [-0.1, -0.05) is 37.1 Å². The summed E-state index contributed by atoms with van der Waals surface area (Å²) in [6.07, 6.45) is 5.02. The molecule has 1 fully saturated rings. The van der Waals surface area contributed by atoms with Gasteiger partial charge in [0.25, 0.3) is 5.91 Å². The molecule has 5 nitrogen and oxygen atoms in total. The van der Waals surface area contributed by atoms with Gasteiger partial charge in [-0.05, 0) is 71.8 Å². The number of rotatable bonds is 4. The number of nitrogens with one attached hydrogen (secondary N) is 1. The quantitative estimate of drug-likeness (QED) is 0.491. The third-order valence-corrected chi connectivity index (χ3v) is 6.06. The predicted octanol–water partition coefficient (Wildman–Crippen LogP) is 5.38. The lowest BCUT2D eigenvalue weighted by molar-refractivity contribution is 0.102. The summed E-state index contributed by atoms with van der Waals surface area (Å²) in [6, 6.07) is 19.3. The molecule has 1 amide bonds. The Bertz CT molecular complexity index is 982. The number of aromatic nitrogens is 2. The summed E-state index contributed by atoms with van der Waals surface area (Å²) in [5.74, 6) is 0.827. The van der Waals surface area contributed by atoms with Gasteiger partial charge in [-0.3, -0.25) is 4.79 Å². The normalized spacial score (nSPS) is 14.3. The fourth-order valence-corrected chi connectivity index (χ4v) is 4.18. The Balaban J connectivity index is 1.49. The molecule has 0 saturated carbocycles. The maximum Gasteiger partial charge on any atom is 0.256 e. The Kier molecular flexibility index (Phi) is 6.39. The molecule has 0 atom stereocenters. The summed E-state index contributed by atoms with van der Waals surface area (Å²) in [5, 5.41) is 11.9. The summed E-state index contributed by atoms with van der Waals surface area (Å²) >= 11 is 2.17. The van der Waals surface area contributed by atoms with Crippen LogP contribution in [0, 0.1) is 3.57 Å². The number of amides is 1. The van der Waals surface area contributed by atoms with Crippen molar-refractivity contribution in [3.63, 3.8) is 0 Å². The molecule has 1 N–H and O–H groups in total. The zero-order valence-corrected chi connectivity index (χ0v) is 18.3. The van der Waals surface area contributed by atoms with Crippen LogP contribution in [0.3, 0.4) is 0 Å². The number of halogens is 1. The van der Waals surface area contributed by atoms with Crippen LogP contribution in [0.2, 0.25) is 0 Å². The second-order valence-corrected chi connectivity index (χ2v) is 8.36. The molecular weight excluding hydrogens is 475 g/mol. The number of carbonyl (C=O) groups is 1. The second-order valence-electron chi connectivity index (χ2n) is 7.19. The van der Waals surface area contributed by atoms with E-state index in [-0.39, 0.29) is 5.91 Å². The first-order chi connectivity index (χ1) is 14.2. The average molecular weight is 498 g/mol. The lowest BCUT2D eigenvalue weighted by Gasteiger charge is -2.20. The highest BCUT2D eigenvalue weighted by atomic mass is 127. The fourth-order valence-electron chi connectivity index (χ4n) is 3.55. The van der Waals surface area contributed by atoms with Crippen LogP contribution in [-0.2, 0) is 0 Å². The first-order valence-electron chi connectivity index (χ1n) is 9.96. The van der Waals surface area contributed by atoms with Crippen LogP contribution < -0.4 is 10.2 Å². The van der Waals surface area contributed by atoms with Crippen molar-refractivity contribution in [2.45, 2.75) is 25.7 Å². The van der Waals surface area contributed by atoms with Crippen LogP contribution in [0.5, 0.6) is 0 Å². The van der Waals surface area contributed by atoms with E-state index in [9.17, 15) is 4.79 Å². The van der Waals surface area contributed by atoms with Crippen molar-refractivity contribution in [1.82, 2.24) is 10.2 Å². The minimum Gasteiger partial charge on any atom is -0.355 e. The van der Waals surface area contributed by atoms with Crippen LogP contribution in [0.1, 0.15) is 36.0 Å². The van der Waals surface area contributed by atoms with Crippen LogP contribution in [-0.4, -0.2) is 29.2 Å². The van der Waals surface area contributed by atoms with Crippen molar-refractivity contribution < 1.29 is 4.79 Å². The molecule has 2 heterocycles. The third kappa shape index (κ3) is 4.93. The van der Waals surface area contributed by atoms with Crippen molar-refractivity contribution in [3.05, 3.63) is 69.8 Å². The number of nitrogens with zero attached hydrogens (tertiary/aromatic N) is 3. The van der Waals surface area contributed by atoms with E-state index in [1.807, 2.05) is 60.7 Å². The molecule has 0 radical (unpaired) electrons. The molecule has 29 heavy (non-hydrogen) atoms. The lowest BCUT2D eigenvalue weighted by atomic mass is 10.1. The predicted molar refractivity (Wildman–Crippen MR) is 125 cm³/mol. The van der Waals surface area contributed by atoms with Crippen LogP contribution in [0.4, 0.5) is 11.5 Å². The maximum absolute atomic E-state index is 12.6. The summed E-state index contributed by atoms with van der Waals surface area (Å²) < 4.78 is 0.925. The van der Waals surface area contributed by atoms with Crippen molar-refractivity contribution in [3.8, 4) is 11.3 Å². The molecule has 4 rings (SSSR count). The third-order valence-electron chi connectivity index (χ3n) is 5.12. The summed E-state index contributed by atoms with van der Waals surface area (Å²) in [7, 11) is 0. The van der Waals surface area contributed by atoms with Gasteiger partial charge in [-0.2, -0.15) is 0 Å². The van der Waals surface area contributed by atoms with Gasteiger partial charge < -0.3 is 10.2 Å². The molecule has 3 aromatic rings. The molecular formula is C23H23IN4O. The molecule has 1 aromatic heterocycles. The Morgan fingerprint density at radius 2 is 1.69 bits per heavy atom. The zero-order valence-electron chi connectivity index (χ0n) is 16.1. The SMILES string of the molecule is O=C(Nc1cccc(-c2ccc(N3CCCCCC3)nn2)c1)c1ccccc1I. The van der Waals surface area contributed by atoms with E-state index < -0.39 is 0 Å². The molecule has 6 heteroatoms. The number of carbonyl (C=O) groups excluding carboxylic acids is 1. The summed E-state index contributed by atoms with van der Waals surface area (Å²) in [4.78, 5) is 14.9. The number of anilines is 2. The standard InChI is InChI=1S/C23H23IN4O/c24-20-11-4-3-10-19(20)23(29)25-18-9-7-8-17(16-18)21-12-13-22(27-26-21)28-14-5-1-2-6-15-28/h3-4,7-13,16H,1-2,5-6,14-15H2,(H,25,29). The van der Waals surface area contributed by atoms with Crippen LogP contribution >= 0.6 is 22.6 Å². The highest BCUT2D eigenvalue weighted by molar-refractivity contribution is 14.1. The van der Waals surface area contributed by atoms with E-state index in [1.165, 1.54) is 25.7 Å².